The Labute approximate surface area is 224 Å². The maximum Gasteiger partial charge on any atom is 0.378 e. The monoisotopic (exact) mass is 557 g/mol. The Hall–Kier alpha value is -3.46. The first kappa shape index (κ1) is 26.2. The van der Waals surface area contributed by atoms with Crippen LogP contribution in [0.4, 0.5) is 0 Å². The van der Waals surface area contributed by atoms with Crippen molar-refractivity contribution in [1.82, 2.24) is 9.88 Å². The molecule has 3 aliphatic rings. The summed E-state index contributed by atoms with van der Waals surface area (Å²) in [6, 6.07) is 3.69. The number of esters is 1. The first-order chi connectivity index (χ1) is 18.1. The zero-order valence-electron chi connectivity index (χ0n) is 20.4. The number of oxime groups is 1. The Balaban J connectivity index is 1.37. The number of hydrogen-bond donors (Lipinski definition) is 0. The van der Waals surface area contributed by atoms with Crippen molar-refractivity contribution in [3.8, 4) is 0 Å². The van der Waals surface area contributed by atoms with Crippen LogP contribution in [0.1, 0.15) is 29.1 Å². The highest BCUT2D eigenvalue weighted by atomic mass is 32.2. The molecular weight excluding hydrogens is 535 g/mol. The van der Waals surface area contributed by atoms with Crippen LogP contribution in [0, 0.1) is 18.8 Å². The van der Waals surface area contributed by atoms with E-state index in [1.165, 1.54) is 11.3 Å². The molecule has 12 nitrogen and oxygen atoms in total. The summed E-state index contributed by atoms with van der Waals surface area (Å²) in [7, 11) is 5.30. The zero-order valence-corrected chi connectivity index (χ0v) is 22.0. The number of pyridine rings is 1. The van der Waals surface area contributed by atoms with Gasteiger partial charge in [-0.3, -0.25) is 23.5 Å². The van der Waals surface area contributed by atoms with Gasteiger partial charge in [-0.05, 0) is 6.92 Å². The quantitative estimate of drug-likeness (QED) is 0.106. The molecule has 0 N–H and O–H groups in total. The van der Waals surface area contributed by atoms with Crippen molar-refractivity contribution < 1.29 is 42.2 Å². The third kappa shape index (κ3) is 4.32. The fourth-order valence-corrected chi connectivity index (χ4v) is 7.53. The van der Waals surface area contributed by atoms with Crippen molar-refractivity contribution >= 4 is 59.5 Å². The summed E-state index contributed by atoms with van der Waals surface area (Å²) in [4.78, 5) is 62.1. The molecule has 38 heavy (non-hydrogen) atoms. The van der Waals surface area contributed by atoms with E-state index in [9.17, 15) is 23.4 Å². The maximum absolute atomic E-state index is 13.4. The van der Waals surface area contributed by atoms with Crippen molar-refractivity contribution in [2.24, 2.45) is 24.0 Å². The Morgan fingerprint density at radius 1 is 1.37 bits per heavy atom. The normalized spacial score (nSPS) is 28.2. The minimum atomic E-state index is -2.08. The third-order valence-electron chi connectivity index (χ3n) is 6.75. The van der Waals surface area contributed by atoms with E-state index in [1.807, 2.05) is 36.1 Å². The molecule has 2 aromatic heterocycles. The van der Waals surface area contributed by atoms with Gasteiger partial charge in [0.1, 0.15) is 24.7 Å². The Morgan fingerprint density at radius 2 is 2.11 bits per heavy atom. The predicted molar refractivity (Wildman–Crippen MR) is 131 cm³/mol. The lowest BCUT2D eigenvalue weighted by atomic mass is 9.84. The lowest BCUT2D eigenvalue weighted by Gasteiger charge is -2.56. The van der Waals surface area contributed by atoms with Gasteiger partial charge in [0.15, 0.2) is 23.9 Å². The number of aromatic nitrogens is 2. The minimum absolute atomic E-state index is 0.0788. The second-order valence-corrected chi connectivity index (χ2v) is 11.8. The summed E-state index contributed by atoms with van der Waals surface area (Å²) in [5.74, 6) is -5.08. The van der Waals surface area contributed by atoms with Gasteiger partial charge in [0.2, 0.25) is 5.91 Å². The smallest absolute Gasteiger partial charge is 0.378 e. The van der Waals surface area contributed by atoms with Crippen LogP contribution in [0.25, 0.3) is 0 Å². The summed E-state index contributed by atoms with van der Waals surface area (Å²) >= 11 is 1.32. The van der Waals surface area contributed by atoms with Crippen LogP contribution in [0.3, 0.4) is 0 Å². The highest BCUT2D eigenvalue weighted by molar-refractivity contribution is 7.85. The number of aryl methyl sites for hydroxylation is 2. The van der Waals surface area contributed by atoms with E-state index in [-0.39, 0.29) is 30.9 Å². The number of ketones is 1. The van der Waals surface area contributed by atoms with Crippen molar-refractivity contribution in [2.45, 2.75) is 37.5 Å². The fourth-order valence-electron chi connectivity index (χ4n) is 4.92. The molecule has 5 atom stereocenters. The molecule has 3 saturated heterocycles. The molecule has 2 aromatic rings. The van der Waals surface area contributed by atoms with Crippen molar-refractivity contribution in [3.05, 3.63) is 46.2 Å². The number of Topliss-reactive ketones (excluding diaryl/α,β-unsaturated/α-hetero) is 1. The van der Waals surface area contributed by atoms with Gasteiger partial charge >= 0.3 is 20.0 Å². The van der Waals surface area contributed by atoms with Gasteiger partial charge in [-0.1, -0.05) is 5.16 Å². The Bertz CT molecular complexity index is 1380. The van der Waals surface area contributed by atoms with Crippen LogP contribution in [0.15, 0.2) is 35.1 Å². The topological polar surface area (TPSA) is 145 Å². The van der Waals surface area contributed by atoms with Crippen LogP contribution < -0.4 is 4.57 Å². The van der Waals surface area contributed by atoms with E-state index in [0.717, 1.165) is 10.5 Å². The Morgan fingerprint density at radius 3 is 2.76 bits per heavy atom. The van der Waals surface area contributed by atoms with Crippen LogP contribution in [-0.4, -0.2) is 68.3 Å². The number of rotatable bonds is 8. The molecule has 0 bridgehead atoms. The van der Waals surface area contributed by atoms with Gasteiger partial charge in [-0.2, -0.15) is 0 Å². The molecule has 2 radical (unpaired) electrons. The van der Waals surface area contributed by atoms with Crippen LogP contribution in [0.5, 0.6) is 0 Å². The SMILES string of the molecule is [B]OC(=O)[C@]12OC(=O)C[C@H]1C[S@](=O)[C@@H]1[C@H](CC(=O)/C(=N\OCc3cc[n+](C)cc3)c3csc(C)n3)C(=O)N12. The molecule has 0 spiro atoms. The minimum Gasteiger partial charge on any atom is -0.539 e. The second-order valence-electron chi connectivity index (χ2n) is 9.19. The molecule has 196 valence electrons. The van der Waals surface area contributed by atoms with E-state index < -0.39 is 57.4 Å². The molecule has 3 aliphatic heterocycles. The lowest BCUT2D eigenvalue weighted by Crippen LogP contribution is -2.78. The number of β-lactam (4-membered cyclic amide) rings is 1. The molecule has 0 aliphatic carbocycles. The number of fused-ring (bicyclic) bond motifs is 3. The molecular formula is C23H22BN4O8S2+. The first-order valence-electron chi connectivity index (χ1n) is 11.6. The van der Waals surface area contributed by atoms with Gasteiger partial charge in [-0.15, -0.1) is 11.3 Å². The van der Waals surface area contributed by atoms with Crippen LogP contribution in [0.2, 0.25) is 0 Å². The average Bonchev–Trinajstić information content (AvgIpc) is 3.46. The van der Waals surface area contributed by atoms with E-state index in [4.69, 9.17) is 17.6 Å². The molecule has 0 unspecified atom stereocenters. The van der Waals surface area contributed by atoms with E-state index in [1.54, 1.807) is 12.3 Å². The van der Waals surface area contributed by atoms with Crippen LogP contribution >= 0.6 is 11.3 Å². The highest BCUT2D eigenvalue weighted by Crippen LogP contribution is 2.50. The van der Waals surface area contributed by atoms with Gasteiger partial charge in [0.05, 0.1) is 23.3 Å². The van der Waals surface area contributed by atoms with E-state index >= 15 is 0 Å². The first-order valence-corrected chi connectivity index (χ1v) is 13.8. The van der Waals surface area contributed by atoms with Gasteiger partial charge in [-0.25, -0.2) is 14.3 Å². The van der Waals surface area contributed by atoms with Gasteiger partial charge in [0.25, 0.3) is 5.72 Å². The number of hydrogen-bond acceptors (Lipinski definition) is 11. The zero-order chi connectivity index (χ0) is 27.2. The number of nitrogens with zero attached hydrogens (tertiary/aromatic N) is 4. The van der Waals surface area contributed by atoms with Gasteiger partial charge < -0.3 is 14.2 Å². The van der Waals surface area contributed by atoms with Crippen molar-refractivity contribution in [1.29, 1.82) is 0 Å². The number of carbonyl (C=O) groups is 4. The standard InChI is InChI=1S/C23H22BN4O8S2/c1-12-25-16(10-37-12)19(26-34-9-13-3-5-27(2)6-4-13)17(29)8-15-20(31)28-21(15)38(33)11-14-7-18(30)35-23(14,28)22(32)36-24/h3-6,10,14-15,21H,7-9,11H2,1-2H3/q+1/b26-19-/t14-,15+,21+,23+,38-/m0/s1. The molecule has 5 heterocycles. The summed E-state index contributed by atoms with van der Waals surface area (Å²) < 4.78 is 24.6. The summed E-state index contributed by atoms with van der Waals surface area (Å²) in [5, 5.41) is 5.36. The molecule has 1 amide bonds. The summed E-state index contributed by atoms with van der Waals surface area (Å²) in [6.45, 7) is 1.87. The van der Waals surface area contributed by atoms with E-state index in [0.29, 0.717) is 10.7 Å². The molecule has 15 heteroatoms. The Kier molecular flexibility index (Phi) is 6.90. The average molecular weight is 557 g/mol. The third-order valence-corrected chi connectivity index (χ3v) is 9.33. The largest absolute Gasteiger partial charge is 0.539 e. The number of thiazole rings is 1. The van der Waals surface area contributed by atoms with E-state index in [2.05, 4.69) is 14.8 Å². The second kappa shape index (κ2) is 10.0. The summed E-state index contributed by atoms with van der Waals surface area (Å²) in [5.41, 5.74) is -1.05. The van der Waals surface area contributed by atoms with Crippen molar-refractivity contribution in [2.75, 3.05) is 5.75 Å². The van der Waals surface area contributed by atoms with Gasteiger partial charge in [0, 0.05) is 46.0 Å². The summed E-state index contributed by atoms with van der Waals surface area (Å²) in [6.07, 6.45) is 3.11. The number of carbonyl (C=O) groups excluding carboxylic acids is 4. The van der Waals surface area contributed by atoms with Crippen LogP contribution in [-0.2, 0) is 57.9 Å². The fraction of sp³-hybridized carbons (Fsp3) is 0.435. The molecule has 0 aromatic carbocycles. The number of ether oxygens (including phenoxy) is 1. The number of amides is 1. The highest BCUT2D eigenvalue weighted by Gasteiger charge is 2.73. The molecule has 0 saturated carbocycles. The molecule has 3 fully saturated rings. The predicted octanol–water partition coefficient (Wildman–Crippen LogP) is -0.411. The van der Waals surface area contributed by atoms with Crippen molar-refractivity contribution in [3.63, 3.8) is 0 Å². The molecule has 5 rings (SSSR count). The lowest BCUT2D eigenvalue weighted by molar-refractivity contribution is -0.671. The maximum atomic E-state index is 13.4.